The van der Waals surface area contributed by atoms with Gasteiger partial charge in [-0.3, -0.25) is 0 Å². The first kappa shape index (κ1) is 15.7. The zero-order valence-corrected chi connectivity index (χ0v) is 13.3. The minimum Gasteiger partial charge on any atom is -0.355 e. The standard InChI is InChI=1S/C21H22O2/c1-2-7-18(8-3-1)9-6-14-22-17-23-16-19-12-13-20-10-4-5-11-21(20)15-19/h1-5,7-8,10-13,15H,6,9,14,16-17H2. The van der Waals surface area contributed by atoms with Crippen LogP contribution in [-0.2, 0) is 22.5 Å². The average molecular weight is 306 g/mol. The fourth-order valence-electron chi connectivity index (χ4n) is 2.63. The molecule has 0 amide bonds. The van der Waals surface area contributed by atoms with E-state index in [1.807, 2.05) is 6.07 Å². The van der Waals surface area contributed by atoms with Crippen LogP contribution in [0.1, 0.15) is 17.5 Å². The molecule has 0 aromatic heterocycles. The highest BCUT2D eigenvalue weighted by Crippen LogP contribution is 2.16. The molecule has 0 aliphatic heterocycles. The van der Waals surface area contributed by atoms with Gasteiger partial charge in [0.25, 0.3) is 0 Å². The van der Waals surface area contributed by atoms with Crippen molar-refractivity contribution < 1.29 is 9.47 Å². The smallest absolute Gasteiger partial charge is 0.147 e. The van der Waals surface area contributed by atoms with Crippen molar-refractivity contribution in [1.29, 1.82) is 0 Å². The highest BCUT2D eigenvalue weighted by Gasteiger charge is 1.97. The summed E-state index contributed by atoms with van der Waals surface area (Å²) in [6.45, 7) is 1.66. The Hall–Kier alpha value is -2.16. The molecule has 0 saturated heterocycles. The van der Waals surface area contributed by atoms with Gasteiger partial charge < -0.3 is 9.47 Å². The molecule has 0 fully saturated rings. The summed E-state index contributed by atoms with van der Waals surface area (Å²) in [6.07, 6.45) is 2.06. The molecule has 2 heteroatoms. The fraction of sp³-hybridized carbons (Fsp3) is 0.238. The van der Waals surface area contributed by atoms with Crippen LogP contribution in [0.3, 0.4) is 0 Å². The van der Waals surface area contributed by atoms with Crippen molar-refractivity contribution >= 4 is 10.8 Å². The average Bonchev–Trinajstić information content (AvgIpc) is 2.61. The van der Waals surface area contributed by atoms with E-state index in [1.165, 1.54) is 21.9 Å². The number of benzene rings is 3. The summed E-state index contributed by atoms with van der Waals surface area (Å²) in [5.74, 6) is 0. The molecule has 0 N–H and O–H groups in total. The fourth-order valence-corrected chi connectivity index (χ4v) is 2.63. The second-order valence-electron chi connectivity index (χ2n) is 5.65. The van der Waals surface area contributed by atoms with Gasteiger partial charge in [-0.05, 0) is 40.8 Å². The topological polar surface area (TPSA) is 18.5 Å². The molecule has 118 valence electrons. The molecule has 0 atom stereocenters. The molecular formula is C21H22O2. The summed E-state index contributed by atoms with van der Waals surface area (Å²) in [5.41, 5.74) is 2.53. The van der Waals surface area contributed by atoms with Crippen LogP contribution in [0.25, 0.3) is 10.8 Å². The van der Waals surface area contributed by atoms with Crippen molar-refractivity contribution in [2.45, 2.75) is 19.4 Å². The Kier molecular flexibility index (Phi) is 5.79. The van der Waals surface area contributed by atoms with Gasteiger partial charge in [-0.1, -0.05) is 66.7 Å². The summed E-state index contributed by atoms with van der Waals surface area (Å²) in [7, 11) is 0. The molecule has 0 radical (unpaired) electrons. The molecule has 0 unspecified atom stereocenters. The van der Waals surface area contributed by atoms with Crippen molar-refractivity contribution in [2.24, 2.45) is 0 Å². The lowest BCUT2D eigenvalue weighted by Gasteiger charge is -2.07. The van der Waals surface area contributed by atoms with Gasteiger partial charge >= 0.3 is 0 Å². The van der Waals surface area contributed by atoms with E-state index in [0.29, 0.717) is 13.4 Å². The second kappa shape index (κ2) is 8.47. The zero-order chi connectivity index (χ0) is 15.7. The van der Waals surface area contributed by atoms with Gasteiger partial charge in [-0.15, -0.1) is 0 Å². The van der Waals surface area contributed by atoms with Gasteiger partial charge in [-0.2, -0.15) is 0 Å². The van der Waals surface area contributed by atoms with Gasteiger partial charge in [0.2, 0.25) is 0 Å². The van der Waals surface area contributed by atoms with Crippen molar-refractivity contribution in [2.75, 3.05) is 13.4 Å². The molecule has 0 aliphatic carbocycles. The molecule has 3 rings (SSSR count). The van der Waals surface area contributed by atoms with E-state index in [4.69, 9.17) is 9.47 Å². The second-order valence-corrected chi connectivity index (χ2v) is 5.65. The first-order valence-corrected chi connectivity index (χ1v) is 8.09. The number of ether oxygens (including phenoxy) is 2. The molecule has 23 heavy (non-hydrogen) atoms. The van der Waals surface area contributed by atoms with E-state index >= 15 is 0 Å². The maximum Gasteiger partial charge on any atom is 0.147 e. The van der Waals surface area contributed by atoms with Crippen LogP contribution in [0.5, 0.6) is 0 Å². The van der Waals surface area contributed by atoms with Crippen LogP contribution in [0, 0.1) is 0 Å². The molecule has 0 bridgehead atoms. The molecule has 3 aromatic rings. The van der Waals surface area contributed by atoms with E-state index in [2.05, 4.69) is 66.7 Å². The van der Waals surface area contributed by atoms with Crippen LogP contribution >= 0.6 is 0 Å². The van der Waals surface area contributed by atoms with Crippen LogP contribution in [0.2, 0.25) is 0 Å². The first-order valence-electron chi connectivity index (χ1n) is 8.09. The van der Waals surface area contributed by atoms with Crippen LogP contribution in [0.15, 0.2) is 72.8 Å². The van der Waals surface area contributed by atoms with Crippen LogP contribution in [0.4, 0.5) is 0 Å². The number of hydrogen-bond donors (Lipinski definition) is 0. The maximum absolute atomic E-state index is 5.60. The highest BCUT2D eigenvalue weighted by molar-refractivity contribution is 5.82. The Balaban J connectivity index is 1.33. The lowest BCUT2D eigenvalue weighted by atomic mass is 10.1. The third-order valence-corrected chi connectivity index (χ3v) is 3.85. The maximum atomic E-state index is 5.60. The van der Waals surface area contributed by atoms with Crippen molar-refractivity contribution in [3.8, 4) is 0 Å². The van der Waals surface area contributed by atoms with Crippen molar-refractivity contribution in [3.63, 3.8) is 0 Å². The number of aryl methyl sites for hydroxylation is 1. The van der Waals surface area contributed by atoms with Gasteiger partial charge in [0.1, 0.15) is 6.79 Å². The summed E-state index contributed by atoms with van der Waals surface area (Å²) in [4.78, 5) is 0. The number of fused-ring (bicyclic) bond motifs is 1. The SMILES string of the molecule is c1ccc(CCCOCOCc2ccc3ccccc3c2)cc1. The quantitative estimate of drug-likeness (QED) is 0.432. The summed E-state index contributed by atoms with van der Waals surface area (Å²) >= 11 is 0. The van der Waals surface area contributed by atoms with E-state index < -0.39 is 0 Å². The number of hydrogen-bond acceptors (Lipinski definition) is 2. The predicted molar refractivity (Wildman–Crippen MR) is 94.3 cm³/mol. The Morgan fingerprint density at radius 2 is 1.43 bits per heavy atom. The molecule has 0 spiro atoms. The molecule has 0 heterocycles. The Bertz CT molecular complexity index is 722. The van der Waals surface area contributed by atoms with E-state index in [1.54, 1.807) is 0 Å². The zero-order valence-electron chi connectivity index (χ0n) is 13.3. The van der Waals surface area contributed by atoms with E-state index in [-0.39, 0.29) is 0 Å². The molecule has 0 saturated carbocycles. The van der Waals surface area contributed by atoms with E-state index in [9.17, 15) is 0 Å². The summed E-state index contributed by atoms with van der Waals surface area (Å²) in [5, 5.41) is 2.51. The van der Waals surface area contributed by atoms with Gasteiger partial charge in [-0.25, -0.2) is 0 Å². The van der Waals surface area contributed by atoms with E-state index in [0.717, 1.165) is 19.4 Å². The van der Waals surface area contributed by atoms with Gasteiger partial charge in [0, 0.05) is 6.61 Å². The minimum atomic E-state index is 0.349. The number of rotatable bonds is 8. The Labute approximate surface area is 137 Å². The van der Waals surface area contributed by atoms with Crippen molar-refractivity contribution in [1.82, 2.24) is 0 Å². The lowest BCUT2D eigenvalue weighted by Crippen LogP contribution is -2.02. The van der Waals surface area contributed by atoms with Gasteiger partial charge in [0.15, 0.2) is 0 Å². The molecule has 2 nitrogen and oxygen atoms in total. The van der Waals surface area contributed by atoms with Gasteiger partial charge in [0.05, 0.1) is 6.61 Å². The molecule has 3 aromatic carbocycles. The Morgan fingerprint density at radius 3 is 2.30 bits per heavy atom. The third kappa shape index (κ3) is 4.92. The largest absolute Gasteiger partial charge is 0.355 e. The lowest BCUT2D eigenvalue weighted by molar-refractivity contribution is -0.0618. The monoisotopic (exact) mass is 306 g/mol. The van der Waals surface area contributed by atoms with Crippen LogP contribution in [-0.4, -0.2) is 13.4 Å². The Morgan fingerprint density at radius 1 is 0.652 bits per heavy atom. The minimum absolute atomic E-state index is 0.349. The van der Waals surface area contributed by atoms with Crippen LogP contribution < -0.4 is 0 Å². The normalized spacial score (nSPS) is 11.0. The first-order chi connectivity index (χ1) is 11.4. The molecular weight excluding hydrogens is 284 g/mol. The predicted octanol–water partition coefficient (Wildman–Crippen LogP) is 4.96. The third-order valence-electron chi connectivity index (χ3n) is 3.85. The summed E-state index contributed by atoms with van der Waals surface area (Å²) in [6, 6.07) is 25.3. The summed E-state index contributed by atoms with van der Waals surface area (Å²) < 4.78 is 11.1. The van der Waals surface area contributed by atoms with Crippen molar-refractivity contribution in [3.05, 3.63) is 83.9 Å². The molecule has 0 aliphatic rings. The highest BCUT2D eigenvalue weighted by atomic mass is 16.7.